The lowest BCUT2D eigenvalue weighted by Gasteiger charge is -2.12. The summed E-state index contributed by atoms with van der Waals surface area (Å²) in [6.07, 6.45) is 0.234. The van der Waals surface area contributed by atoms with Crippen molar-refractivity contribution in [2.75, 3.05) is 20.8 Å². The summed E-state index contributed by atoms with van der Waals surface area (Å²) < 4.78 is 5.41. The van der Waals surface area contributed by atoms with Crippen LogP contribution in [0.15, 0.2) is 29.6 Å². The van der Waals surface area contributed by atoms with E-state index in [1.165, 1.54) is 23.5 Å². The maximum Gasteiger partial charge on any atom is 0.251 e. The first kappa shape index (κ1) is 15.5. The van der Waals surface area contributed by atoms with E-state index >= 15 is 0 Å². The summed E-state index contributed by atoms with van der Waals surface area (Å²) in [6, 6.07) is 7.78. The van der Waals surface area contributed by atoms with Gasteiger partial charge in [-0.15, -0.1) is 11.3 Å². The van der Waals surface area contributed by atoms with Crippen molar-refractivity contribution in [1.82, 2.24) is 10.0 Å². The van der Waals surface area contributed by atoms with Crippen molar-refractivity contribution in [1.29, 1.82) is 0 Å². The zero-order chi connectivity index (χ0) is 15.2. The molecule has 0 spiro atoms. The Morgan fingerprint density at radius 1 is 1.33 bits per heavy atom. The van der Waals surface area contributed by atoms with Crippen LogP contribution in [-0.2, 0) is 16.1 Å². The predicted octanol–water partition coefficient (Wildman–Crippen LogP) is 2.77. The van der Waals surface area contributed by atoms with E-state index in [2.05, 4.69) is 4.98 Å². The van der Waals surface area contributed by atoms with Crippen molar-refractivity contribution < 1.29 is 14.4 Å². The molecule has 1 heterocycles. The molecule has 1 aromatic carbocycles. The van der Waals surface area contributed by atoms with Crippen molar-refractivity contribution >= 4 is 17.2 Å². The summed E-state index contributed by atoms with van der Waals surface area (Å²) in [6.45, 7) is 2.60. The number of thiazole rings is 1. The summed E-state index contributed by atoms with van der Waals surface area (Å²) in [5.74, 6) is 0.718. The molecular weight excluding hydrogens is 288 g/mol. The van der Waals surface area contributed by atoms with Gasteiger partial charge in [-0.3, -0.25) is 9.63 Å². The van der Waals surface area contributed by atoms with Crippen molar-refractivity contribution in [2.45, 2.75) is 13.3 Å². The third-order valence-corrected chi connectivity index (χ3v) is 3.86. The second-order valence-corrected chi connectivity index (χ2v) is 5.21. The van der Waals surface area contributed by atoms with Crippen LogP contribution >= 0.6 is 11.3 Å². The number of carbonyl (C=O) groups excluding carboxylic acids is 1. The standard InChI is InChI=1S/C15H18N2O3S/c1-4-20-13-7-5-11(6-8-13)15-16-12(10-21-15)9-14(18)17(2)19-3/h5-8,10H,4,9H2,1-3H3. The fourth-order valence-corrected chi connectivity index (χ4v) is 2.58. The number of likely N-dealkylation sites (N-methyl/N-ethyl adjacent to an activating group) is 1. The molecule has 0 fully saturated rings. The maximum absolute atomic E-state index is 11.8. The van der Waals surface area contributed by atoms with Crippen LogP contribution in [0.5, 0.6) is 5.75 Å². The number of amides is 1. The molecule has 1 amide bonds. The predicted molar refractivity (Wildman–Crippen MR) is 82.2 cm³/mol. The number of carbonyl (C=O) groups is 1. The monoisotopic (exact) mass is 306 g/mol. The minimum atomic E-state index is -0.124. The molecule has 0 aliphatic rings. The van der Waals surface area contributed by atoms with Crippen LogP contribution in [-0.4, -0.2) is 36.7 Å². The van der Waals surface area contributed by atoms with Gasteiger partial charge in [0.05, 0.1) is 25.8 Å². The molecule has 1 aromatic heterocycles. The Hall–Kier alpha value is -1.92. The molecule has 0 saturated carbocycles. The molecule has 5 nitrogen and oxygen atoms in total. The van der Waals surface area contributed by atoms with Gasteiger partial charge in [-0.25, -0.2) is 10.0 Å². The average molecular weight is 306 g/mol. The lowest BCUT2D eigenvalue weighted by Crippen LogP contribution is -2.27. The molecule has 0 N–H and O–H groups in total. The topological polar surface area (TPSA) is 51.7 Å². The molecular formula is C15H18N2O3S. The SMILES string of the molecule is CCOc1ccc(-c2nc(CC(=O)N(C)OC)cs2)cc1. The number of hydroxylamine groups is 2. The molecule has 2 aromatic rings. The van der Waals surface area contributed by atoms with E-state index in [0.29, 0.717) is 6.61 Å². The number of ether oxygens (including phenoxy) is 1. The number of hydrogen-bond acceptors (Lipinski definition) is 5. The molecule has 0 aliphatic carbocycles. The summed E-state index contributed by atoms with van der Waals surface area (Å²) in [4.78, 5) is 21.1. The zero-order valence-electron chi connectivity index (χ0n) is 12.3. The summed E-state index contributed by atoms with van der Waals surface area (Å²) >= 11 is 1.52. The van der Waals surface area contributed by atoms with Gasteiger partial charge in [-0.05, 0) is 31.2 Å². The van der Waals surface area contributed by atoms with Gasteiger partial charge >= 0.3 is 0 Å². The van der Waals surface area contributed by atoms with Crippen LogP contribution < -0.4 is 4.74 Å². The summed E-state index contributed by atoms with van der Waals surface area (Å²) in [5, 5.41) is 3.99. The van der Waals surface area contributed by atoms with Gasteiger partial charge in [0.15, 0.2) is 0 Å². The lowest BCUT2D eigenvalue weighted by atomic mass is 10.2. The number of nitrogens with zero attached hydrogens (tertiary/aromatic N) is 2. The second kappa shape index (κ2) is 7.19. The van der Waals surface area contributed by atoms with Gasteiger partial charge in [0.2, 0.25) is 0 Å². The Kier molecular flexibility index (Phi) is 5.30. The van der Waals surface area contributed by atoms with Gasteiger partial charge in [0.1, 0.15) is 10.8 Å². The Bertz CT molecular complexity index is 595. The highest BCUT2D eigenvalue weighted by molar-refractivity contribution is 7.13. The first-order chi connectivity index (χ1) is 10.1. The van der Waals surface area contributed by atoms with E-state index in [9.17, 15) is 4.79 Å². The number of aromatic nitrogens is 1. The fraction of sp³-hybridized carbons (Fsp3) is 0.333. The molecule has 0 radical (unpaired) electrons. The van der Waals surface area contributed by atoms with Crippen molar-refractivity contribution in [3.8, 4) is 16.3 Å². The van der Waals surface area contributed by atoms with E-state index in [1.54, 1.807) is 7.05 Å². The van der Waals surface area contributed by atoms with Crippen LogP contribution in [0, 0.1) is 0 Å². The smallest absolute Gasteiger partial charge is 0.251 e. The normalized spacial score (nSPS) is 10.4. The van der Waals surface area contributed by atoms with Gasteiger partial charge < -0.3 is 4.74 Å². The van der Waals surface area contributed by atoms with Crippen LogP contribution in [0.2, 0.25) is 0 Å². The molecule has 0 unspecified atom stereocenters. The van der Waals surface area contributed by atoms with E-state index in [1.807, 2.05) is 36.6 Å². The highest BCUT2D eigenvalue weighted by Crippen LogP contribution is 2.26. The van der Waals surface area contributed by atoms with Crippen LogP contribution in [0.25, 0.3) is 10.6 Å². The molecule has 2 rings (SSSR count). The largest absolute Gasteiger partial charge is 0.494 e. The Morgan fingerprint density at radius 3 is 2.67 bits per heavy atom. The van der Waals surface area contributed by atoms with E-state index in [0.717, 1.165) is 22.0 Å². The van der Waals surface area contributed by atoms with Gasteiger partial charge in [0, 0.05) is 18.0 Å². The van der Waals surface area contributed by atoms with Gasteiger partial charge in [-0.1, -0.05) is 0 Å². The summed E-state index contributed by atoms with van der Waals surface area (Å²) in [7, 11) is 3.05. The molecule has 0 saturated heterocycles. The summed E-state index contributed by atoms with van der Waals surface area (Å²) in [5.41, 5.74) is 1.76. The molecule has 21 heavy (non-hydrogen) atoms. The van der Waals surface area contributed by atoms with Crippen molar-refractivity contribution in [3.05, 3.63) is 35.3 Å². The second-order valence-electron chi connectivity index (χ2n) is 4.35. The number of benzene rings is 1. The Morgan fingerprint density at radius 2 is 2.05 bits per heavy atom. The minimum absolute atomic E-state index is 0.124. The lowest BCUT2D eigenvalue weighted by molar-refractivity contribution is -0.167. The molecule has 6 heteroatoms. The van der Waals surface area contributed by atoms with Crippen LogP contribution in [0.3, 0.4) is 0 Å². The van der Waals surface area contributed by atoms with E-state index < -0.39 is 0 Å². The highest BCUT2D eigenvalue weighted by Gasteiger charge is 2.12. The molecule has 0 bridgehead atoms. The van der Waals surface area contributed by atoms with Gasteiger partial charge in [0.25, 0.3) is 5.91 Å². The fourth-order valence-electron chi connectivity index (χ4n) is 1.75. The molecule has 0 atom stereocenters. The maximum atomic E-state index is 11.8. The van der Waals surface area contributed by atoms with Crippen molar-refractivity contribution in [3.63, 3.8) is 0 Å². The average Bonchev–Trinajstić information content (AvgIpc) is 2.96. The third-order valence-electron chi connectivity index (χ3n) is 2.92. The Balaban J connectivity index is 2.07. The molecule has 0 aliphatic heterocycles. The first-order valence-electron chi connectivity index (χ1n) is 6.62. The third kappa shape index (κ3) is 4.03. The number of hydrogen-bond donors (Lipinski definition) is 0. The number of rotatable bonds is 6. The Labute approximate surface area is 128 Å². The van der Waals surface area contributed by atoms with E-state index in [-0.39, 0.29) is 12.3 Å². The zero-order valence-corrected chi connectivity index (χ0v) is 13.1. The van der Waals surface area contributed by atoms with Crippen LogP contribution in [0.4, 0.5) is 0 Å². The van der Waals surface area contributed by atoms with Crippen molar-refractivity contribution in [2.24, 2.45) is 0 Å². The molecule has 112 valence electrons. The van der Waals surface area contributed by atoms with E-state index in [4.69, 9.17) is 9.57 Å². The van der Waals surface area contributed by atoms with Gasteiger partial charge in [-0.2, -0.15) is 0 Å². The first-order valence-corrected chi connectivity index (χ1v) is 7.50. The minimum Gasteiger partial charge on any atom is -0.494 e. The highest BCUT2D eigenvalue weighted by atomic mass is 32.1. The van der Waals surface area contributed by atoms with Crippen LogP contribution in [0.1, 0.15) is 12.6 Å². The quantitative estimate of drug-likeness (QED) is 0.770.